The smallest absolute Gasteiger partial charge is 0.137 e. The fourth-order valence-corrected chi connectivity index (χ4v) is 2.95. The van der Waals surface area contributed by atoms with Crippen LogP contribution in [-0.4, -0.2) is 18.4 Å². The summed E-state index contributed by atoms with van der Waals surface area (Å²) in [7, 11) is 0. The number of hydrogen-bond acceptors (Lipinski definition) is 2. The predicted octanol–water partition coefficient (Wildman–Crippen LogP) is 2.13. The van der Waals surface area contributed by atoms with Gasteiger partial charge in [0.05, 0.1) is 0 Å². The Kier molecular flexibility index (Phi) is 3.22. The second kappa shape index (κ2) is 4.43. The highest BCUT2D eigenvalue weighted by Crippen LogP contribution is 2.32. The molecule has 2 nitrogen and oxygen atoms in total. The molecule has 0 aromatic heterocycles. The van der Waals surface area contributed by atoms with Gasteiger partial charge in [0.15, 0.2) is 0 Å². The van der Waals surface area contributed by atoms with Crippen molar-refractivity contribution in [3.63, 3.8) is 0 Å². The van der Waals surface area contributed by atoms with Gasteiger partial charge in [-0.2, -0.15) is 0 Å². The van der Waals surface area contributed by atoms with E-state index in [-0.39, 0.29) is 0 Å². The van der Waals surface area contributed by atoms with Gasteiger partial charge in [-0.15, -0.1) is 0 Å². The number of hydrogen-bond donors (Lipinski definition) is 1. The van der Waals surface area contributed by atoms with Crippen molar-refractivity contribution in [1.82, 2.24) is 5.32 Å². The van der Waals surface area contributed by atoms with Crippen LogP contribution in [0.1, 0.15) is 45.4 Å². The van der Waals surface area contributed by atoms with E-state index in [9.17, 15) is 4.79 Å². The fraction of sp³-hybridized carbons (Fsp3) is 0.917. The minimum absolute atomic E-state index is 0.344. The second-order valence-corrected chi connectivity index (χ2v) is 4.82. The van der Waals surface area contributed by atoms with Gasteiger partial charge < -0.3 is 5.32 Å². The summed E-state index contributed by atoms with van der Waals surface area (Å²) < 4.78 is 0. The molecule has 1 N–H and O–H groups in total. The molecule has 1 aliphatic heterocycles. The molecule has 0 aromatic rings. The Morgan fingerprint density at radius 1 is 1.43 bits per heavy atom. The van der Waals surface area contributed by atoms with Crippen molar-refractivity contribution in [2.45, 2.75) is 51.5 Å². The van der Waals surface area contributed by atoms with Gasteiger partial charge in [0.25, 0.3) is 0 Å². The van der Waals surface area contributed by atoms with E-state index in [4.69, 9.17) is 0 Å². The molecule has 0 bridgehead atoms. The van der Waals surface area contributed by atoms with E-state index in [1.807, 2.05) is 0 Å². The Bertz CT molecular complexity index is 208. The Morgan fingerprint density at radius 2 is 2.29 bits per heavy atom. The van der Waals surface area contributed by atoms with Crippen molar-refractivity contribution in [3.05, 3.63) is 0 Å². The minimum atomic E-state index is 0.344. The second-order valence-electron chi connectivity index (χ2n) is 4.82. The van der Waals surface area contributed by atoms with Crippen LogP contribution in [0.4, 0.5) is 0 Å². The van der Waals surface area contributed by atoms with E-state index in [0.29, 0.717) is 17.7 Å². The van der Waals surface area contributed by atoms with Crippen molar-refractivity contribution < 1.29 is 4.79 Å². The monoisotopic (exact) mass is 195 g/mol. The first-order valence-electron chi connectivity index (χ1n) is 6.07. The SMILES string of the molecule is CCC1CCC(=O)C(C2CCCN2)C1. The Labute approximate surface area is 86.5 Å². The highest BCUT2D eigenvalue weighted by molar-refractivity contribution is 5.82. The van der Waals surface area contributed by atoms with Crippen molar-refractivity contribution in [2.24, 2.45) is 11.8 Å². The van der Waals surface area contributed by atoms with Gasteiger partial charge in [-0.3, -0.25) is 4.79 Å². The average Bonchev–Trinajstić information content (AvgIpc) is 2.71. The summed E-state index contributed by atoms with van der Waals surface area (Å²) in [4.78, 5) is 11.8. The van der Waals surface area contributed by atoms with Gasteiger partial charge in [0.1, 0.15) is 5.78 Å². The summed E-state index contributed by atoms with van der Waals surface area (Å²) in [6.45, 7) is 3.37. The first-order chi connectivity index (χ1) is 6.81. The normalized spacial score (nSPS) is 38.9. The third-order valence-electron chi connectivity index (χ3n) is 3.96. The molecule has 14 heavy (non-hydrogen) atoms. The van der Waals surface area contributed by atoms with Crippen LogP contribution >= 0.6 is 0 Å². The third kappa shape index (κ3) is 2.00. The lowest BCUT2D eigenvalue weighted by atomic mass is 9.75. The molecular formula is C12H21NO. The molecule has 1 heterocycles. The van der Waals surface area contributed by atoms with Crippen LogP contribution < -0.4 is 5.32 Å². The van der Waals surface area contributed by atoms with Crippen LogP contribution in [0.5, 0.6) is 0 Å². The van der Waals surface area contributed by atoms with Crippen molar-refractivity contribution in [3.8, 4) is 0 Å². The van der Waals surface area contributed by atoms with Gasteiger partial charge in [-0.25, -0.2) is 0 Å². The fourth-order valence-electron chi connectivity index (χ4n) is 2.95. The number of carbonyl (C=O) groups is 1. The lowest BCUT2D eigenvalue weighted by molar-refractivity contribution is -0.126. The van der Waals surface area contributed by atoms with E-state index in [1.165, 1.54) is 19.3 Å². The van der Waals surface area contributed by atoms with Crippen LogP contribution in [0.15, 0.2) is 0 Å². The van der Waals surface area contributed by atoms with Gasteiger partial charge in [0.2, 0.25) is 0 Å². The first-order valence-corrected chi connectivity index (χ1v) is 6.07. The Morgan fingerprint density at radius 3 is 2.93 bits per heavy atom. The number of ketones is 1. The minimum Gasteiger partial charge on any atom is -0.313 e. The van der Waals surface area contributed by atoms with Crippen LogP contribution in [0.2, 0.25) is 0 Å². The van der Waals surface area contributed by atoms with Crippen LogP contribution in [0, 0.1) is 11.8 Å². The maximum absolute atomic E-state index is 11.8. The van der Waals surface area contributed by atoms with Crippen LogP contribution in [0.3, 0.4) is 0 Å². The molecule has 2 rings (SSSR count). The molecule has 0 aromatic carbocycles. The maximum Gasteiger partial charge on any atom is 0.137 e. The molecule has 1 saturated carbocycles. The highest BCUT2D eigenvalue weighted by atomic mass is 16.1. The van der Waals surface area contributed by atoms with Gasteiger partial charge in [-0.05, 0) is 38.1 Å². The topological polar surface area (TPSA) is 29.1 Å². The summed E-state index contributed by atoms with van der Waals surface area (Å²) >= 11 is 0. The van der Waals surface area contributed by atoms with Gasteiger partial charge >= 0.3 is 0 Å². The molecule has 3 atom stereocenters. The zero-order valence-corrected chi connectivity index (χ0v) is 9.09. The molecule has 2 heteroatoms. The molecule has 2 aliphatic rings. The zero-order chi connectivity index (χ0) is 9.97. The Hall–Kier alpha value is -0.370. The van der Waals surface area contributed by atoms with Crippen LogP contribution in [-0.2, 0) is 4.79 Å². The molecule has 3 unspecified atom stereocenters. The third-order valence-corrected chi connectivity index (χ3v) is 3.96. The summed E-state index contributed by atoms with van der Waals surface area (Å²) in [6, 6.07) is 0.511. The number of carbonyl (C=O) groups excluding carboxylic acids is 1. The standard InChI is InChI=1S/C12H21NO/c1-2-9-5-6-12(14)10(8-9)11-4-3-7-13-11/h9-11,13H,2-8H2,1H3. The molecule has 1 saturated heterocycles. The lowest BCUT2D eigenvalue weighted by Gasteiger charge is -2.31. The Balaban J connectivity index is 1.96. The maximum atomic E-state index is 11.8. The van der Waals surface area contributed by atoms with E-state index in [0.717, 1.165) is 31.7 Å². The highest BCUT2D eigenvalue weighted by Gasteiger charge is 2.34. The van der Waals surface area contributed by atoms with E-state index in [2.05, 4.69) is 12.2 Å². The quantitative estimate of drug-likeness (QED) is 0.731. The van der Waals surface area contributed by atoms with Crippen molar-refractivity contribution in [1.29, 1.82) is 0 Å². The molecule has 0 radical (unpaired) electrons. The molecule has 80 valence electrons. The van der Waals surface area contributed by atoms with E-state index in [1.54, 1.807) is 0 Å². The molecule has 1 aliphatic carbocycles. The molecule has 2 fully saturated rings. The first kappa shape index (κ1) is 10.2. The summed E-state index contributed by atoms with van der Waals surface area (Å²) in [6.07, 6.45) is 6.83. The van der Waals surface area contributed by atoms with E-state index < -0.39 is 0 Å². The number of nitrogens with one attached hydrogen (secondary N) is 1. The molecule has 0 spiro atoms. The summed E-state index contributed by atoms with van der Waals surface area (Å²) in [5, 5.41) is 3.48. The largest absolute Gasteiger partial charge is 0.313 e. The summed E-state index contributed by atoms with van der Waals surface area (Å²) in [5.74, 6) is 1.67. The average molecular weight is 195 g/mol. The number of Topliss-reactive ketones (excluding diaryl/α,β-unsaturated/α-hetero) is 1. The van der Waals surface area contributed by atoms with Gasteiger partial charge in [0, 0.05) is 18.4 Å². The van der Waals surface area contributed by atoms with Gasteiger partial charge in [-0.1, -0.05) is 13.3 Å². The molecular weight excluding hydrogens is 174 g/mol. The van der Waals surface area contributed by atoms with Crippen LogP contribution in [0.25, 0.3) is 0 Å². The summed E-state index contributed by atoms with van der Waals surface area (Å²) in [5.41, 5.74) is 0. The van der Waals surface area contributed by atoms with E-state index >= 15 is 0 Å². The lowest BCUT2D eigenvalue weighted by Crippen LogP contribution is -2.39. The van der Waals surface area contributed by atoms with Crippen molar-refractivity contribution >= 4 is 5.78 Å². The van der Waals surface area contributed by atoms with Crippen molar-refractivity contribution in [2.75, 3.05) is 6.54 Å². The zero-order valence-electron chi connectivity index (χ0n) is 9.09. The predicted molar refractivity (Wildman–Crippen MR) is 57.2 cm³/mol. The molecule has 0 amide bonds. The number of rotatable bonds is 2.